The van der Waals surface area contributed by atoms with Crippen LogP contribution in [0.15, 0.2) is 36.5 Å². The summed E-state index contributed by atoms with van der Waals surface area (Å²) in [7, 11) is 1.27. The number of aliphatic hydroxyl groups is 1. The first-order chi connectivity index (χ1) is 33.5. The van der Waals surface area contributed by atoms with Crippen LogP contribution >= 0.6 is 7.82 Å². The predicted octanol–water partition coefficient (Wildman–Crippen LogP) is 17.5. The molecule has 9 heteroatoms. The third-order valence-corrected chi connectivity index (χ3v) is 14.6. The number of likely N-dealkylation sites (N-methyl/N-ethyl adjacent to an activating group) is 1. The summed E-state index contributed by atoms with van der Waals surface area (Å²) in [6, 6.07) is -0.884. The number of allylic oxidation sites excluding steroid dienone is 5. The molecule has 0 aromatic carbocycles. The molecular formula is C60H117N2O6P. The summed E-state index contributed by atoms with van der Waals surface area (Å²) < 4.78 is 23.3. The largest absolute Gasteiger partial charge is 0.756 e. The molecule has 3 atom stereocenters. The van der Waals surface area contributed by atoms with Crippen molar-refractivity contribution in [2.45, 2.75) is 302 Å². The summed E-state index contributed by atoms with van der Waals surface area (Å²) in [6.07, 6.45) is 66.6. The fourth-order valence-electron chi connectivity index (χ4n) is 8.89. The molecule has 69 heavy (non-hydrogen) atoms. The predicted molar refractivity (Wildman–Crippen MR) is 298 cm³/mol. The third kappa shape index (κ3) is 54.3. The van der Waals surface area contributed by atoms with Gasteiger partial charge in [-0.25, -0.2) is 0 Å². The molecule has 0 bridgehead atoms. The second-order valence-electron chi connectivity index (χ2n) is 21.7. The Labute approximate surface area is 429 Å². The van der Waals surface area contributed by atoms with Gasteiger partial charge in [0.25, 0.3) is 7.82 Å². The van der Waals surface area contributed by atoms with Crippen molar-refractivity contribution in [1.29, 1.82) is 0 Å². The van der Waals surface area contributed by atoms with Gasteiger partial charge in [0.15, 0.2) is 0 Å². The Balaban J connectivity index is 4.00. The lowest BCUT2D eigenvalue weighted by Gasteiger charge is -2.29. The highest BCUT2D eigenvalue weighted by Gasteiger charge is 2.23. The van der Waals surface area contributed by atoms with Crippen molar-refractivity contribution in [2.24, 2.45) is 0 Å². The van der Waals surface area contributed by atoms with Crippen LogP contribution in [0.25, 0.3) is 0 Å². The molecule has 0 aromatic heterocycles. The molecule has 3 unspecified atom stereocenters. The Morgan fingerprint density at radius 1 is 0.507 bits per heavy atom. The van der Waals surface area contributed by atoms with Crippen LogP contribution in [-0.2, 0) is 18.4 Å². The Morgan fingerprint density at radius 3 is 1.20 bits per heavy atom. The molecule has 2 N–H and O–H groups in total. The SMILES string of the molecule is CCCCCCC/C=C\C/C=C\CCCCCCCCCCCCCCCCCCCCCCCC(=O)NC(COP(=O)([O-])OCC[N+](C)(C)C)C(O)/C=C/CCCCCCCCCCCCCC. The first-order valence-electron chi connectivity index (χ1n) is 29.9. The number of phosphoric acid groups is 1. The van der Waals surface area contributed by atoms with Crippen LogP contribution in [-0.4, -0.2) is 68.5 Å². The molecule has 0 aliphatic heterocycles. The number of hydrogen-bond acceptors (Lipinski definition) is 6. The van der Waals surface area contributed by atoms with Gasteiger partial charge >= 0.3 is 0 Å². The van der Waals surface area contributed by atoms with E-state index in [0.717, 1.165) is 44.9 Å². The summed E-state index contributed by atoms with van der Waals surface area (Å²) in [5.74, 6) is -0.193. The number of hydrogen-bond donors (Lipinski definition) is 2. The number of amides is 1. The van der Waals surface area contributed by atoms with Crippen LogP contribution in [0, 0.1) is 0 Å². The topological polar surface area (TPSA) is 108 Å². The van der Waals surface area contributed by atoms with Gasteiger partial charge in [-0.15, -0.1) is 0 Å². The molecule has 0 fully saturated rings. The van der Waals surface area contributed by atoms with Gasteiger partial charge in [0, 0.05) is 6.42 Å². The van der Waals surface area contributed by atoms with E-state index in [1.807, 2.05) is 27.2 Å². The number of carbonyl (C=O) groups is 1. The average molecular weight is 994 g/mol. The van der Waals surface area contributed by atoms with E-state index in [4.69, 9.17) is 9.05 Å². The highest BCUT2D eigenvalue weighted by Crippen LogP contribution is 2.38. The maximum absolute atomic E-state index is 13.0. The maximum Gasteiger partial charge on any atom is 0.268 e. The number of phosphoric ester groups is 1. The van der Waals surface area contributed by atoms with E-state index in [2.05, 4.69) is 43.5 Å². The van der Waals surface area contributed by atoms with Gasteiger partial charge in [-0.3, -0.25) is 9.36 Å². The van der Waals surface area contributed by atoms with Crippen molar-refractivity contribution in [2.75, 3.05) is 40.9 Å². The van der Waals surface area contributed by atoms with E-state index in [-0.39, 0.29) is 19.1 Å². The smallest absolute Gasteiger partial charge is 0.268 e. The third-order valence-electron chi connectivity index (χ3n) is 13.6. The molecular weight excluding hydrogens is 876 g/mol. The number of aliphatic hydroxyl groups excluding tert-OH is 1. The molecule has 0 heterocycles. The lowest BCUT2D eigenvalue weighted by molar-refractivity contribution is -0.870. The van der Waals surface area contributed by atoms with Gasteiger partial charge in [-0.05, 0) is 51.4 Å². The van der Waals surface area contributed by atoms with Crippen molar-refractivity contribution < 1.29 is 32.9 Å². The lowest BCUT2D eigenvalue weighted by Crippen LogP contribution is -2.45. The Kier molecular flexibility index (Phi) is 50.7. The van der Waals surface area contributed by atoms with Gasteiger partial charge in [0.2, 0.25) is 5.91 Å². The number of quaternary nitrogens is 1. The van der Waals surface area contributed by atoms with Crippen molar-refractivity contribution >= 4 is 13.7 Å². The normalized spacial score (nSPS) is 14.1. The summed E-state index contributed by atoms with van der Waals surface area (Å²) in [6.45, 7) is 4.66. The summed E-state index contributed by atoms with van der Waals surface area (Å²) in [5.41, 5.74) is 0. The summed E-state index contributed by atoms with van der Waals surface area (Å²) >= 11 is 0. The molecule has 0 spiro atoms. The Morgan fingerprint density at radius 2 is 0.841 bits per heavy atom. The van der Waals surface area contributed by atoms with Gasteiger partial charge in [0.05, 0.1) is 39.9 Å². The number of nitrogens with one attached hydrogen (secondary N) is 1. The van der Waals surface area contributed by atoms with Crippen LogP contribution in [0.4, 0.5) is 0 Å². The highest BCUT2D eigenvalue weighted by atomic mass is 31.2. The van der Waals surface area contributed by atoms with E-state index < -0.39 is 20.0 Å². The van der Waals surface area contributed by atoms with Crippen molar-refractivity contribution in [3.05, 3.63) is 36.5 Å². The zero-order valence-corrected chi connectivity index (χ0v) is 47.4. The lowest BCUT2D eigenvalue weighted by atomic mass is 10.0. The minimum atomic E-state index is -4.59. The van der Waals surface area contributed by atoms with E-state index in [0.29, 0.717) is 17.4 Å². The van der Waals surface area contributed by atoms with Gasteiger partial charge < -0.3 is 28.8 Å². The number of nitrogens with zero attached hydrogens (tertiary/aromatic N) is 1. The summed E-state index contributed by atoms with van der Waals surface area (Å²) in [4.78, 5) is 25.5. The van der Waals surface area contributed by atoms with E-state index in [9.17, 15) is 19.4 Å². The quantitative estimate of drug-likeness (QED) is 0.0272. The molecule has 0 aromatic rings. The fraction of sp³-hybridized carbons (Fsp3) is 0.883. The number of rotatable bonds is 55. The van der Waals surface area contributed by atoms with Crippen molar-refractivity contribution in [3.8, 4) is 0 Å². The van der Waals surface area contributed by atoms with Gasteiger partial charge in [-0.1, -0.05) is 269 Å². The molecule has 408 valence electrons. The molecule has 0 aliphatic carbocycles. The van der Waals surface area contributed by atoms with E-state index in [1.54, 1.807) is 6.08 Å². The highest BCUT2D eigenvalue weighted by molar-refractivity contribution is 7.45. The molecule has 0 saturated heterocycles. The Bertz CT molecular complexity index is 1220. The van der Waals surface area contributed by atoms with Crippen LogP contribution in [0.2, 0.25) is 0 Å². The van der Waals surface area contributed by atoms with Gasteiger partial charge in [0.1, 0.15) is 13.2 Å². The number of carbonyl (C=O) groups excluding carboxylic acids is 1. The van der Waals surface area contributed by atoms with E-state index >= 15 is 0 Å². The minimum Gasteiger partial charge on any atom is -0.756 e. The first-order valence-corrected chi connectivity index (χ1v) is 31.3. The summed E-state index contributed by atoms with van der Waals surface area (Å²) in [5, 5.41) is 13.9. The molecule has 8 nitrogen and oxygen atoms in total. The fourth-order valence-corrected chi connectivity index (χ4v) is 9.61. The second-order valence-corrected chi connectivity index (χ2v) is 23.1. The van der Waals surface area contributed by atoms with Crippen LogP contribution < -0.4 is 10.2 Å². The Hall–Kier alpha value is -1.28. The monoisotopic (exact) mass is 993 g/mol. The minimum absolute atomic E-state index is 0.000773. The maximum atomic E-state index is 13.0. The van der Waals surface area contributed by atoms with Crippen LogP contribution in [0.5, 0.6) is 0 Å². The number of unbranched alkanes of at least 4 members (excludes halogenated alkanes) is 38. The second kappa shape index (κ2) is 51.6. The van der Waals surface area contributed by atoms with Gasteiger partial charge in [-0.2, -0.15) is 0 Å². The van der Waals surface area contributed by atoms with E-state index in [1.165, 1.54) is 225 Å². The zero-order chi connectivity index (χ0) is 50.6. The molecule has 1 amide bonds. The van der Waals surface area contributed by atoms with Crippen LogP contribution in [0.1, 0.15) is 290 Å². The standard InChI is InChI=1S/C60H117N2O6P/c1-6-8-10-12-14-16-18-20-22-23-24-25-26-27-28-29-30-31-32-33-34-35-36-37-38-39-40-42-44-46-48-50-52-54-60(64)61-58(57-68-69(65,66)67-56-55-62(3,4)5)59(63)53-51-49-47-45-43-41-21-19-17-15-13-11-9-7-2/h18,20,23-24,51,53,58-59,63H,6-17,19,21-22,25-50,52,54-57H2,1-5H3,(H-,61,64,65,66)/b20-18-,24-23-,53-51+. The molecule has 0 radical (unpaired) electrons. The first kappa shape index (κ1) is 67.7. The van der Waals surface area contributed by atoms with Crippen LogP contribution in [0.3, 0.4) is 0 Å². The van der Waals surface area contributed by atoms with Crippen molar-refractivity contribution in [3.63, 3.8) is 0 Å². The average Bonchev–Trinajstić information content (AvgIpc) is 3.31. The molecule has 0 saturated carbocycles. The molecule has 0 aliphatic rings. The van der Waals surface area contributed by atoms with Crippen molar-refractivity contribution in [1.82, 2.24) is 5.32 Å². The molecule has 0 rings (SSSR count). The zero-order valence-electron chi connectivity index (χ0n) is 46.5.